The van der Waals surface area contributed by atoms with Crippen LogP contribution in [0.1, 0.15) is 101 Å². The number of benzene rings is 3. The molecule has 2 aliphatic rings. The zero-order valence-electron chi connectivity index (χ0n) is 46.1. The molecule has 0 aliphatic carbocycles. The summed E-state index contributed by atoms with van der Waals surface area (Å²) in [6.45, 7) is 7.10. The molecule has 22 nitrogen and oxygen atoms in total. The Balaban J connectivity index is 1.32. The van der Waals surface area contributed by atoms with Gasteiger partial charge in [0, 0.05) is 44.2 Å². The van der Waals surface area contributed by atoms with Gasteiger partial charge in [-0.3, -0.25) is 33.6 Å². The summed E-state index contributed by atoms with van der Waals surface area (Å²) >= 11 is 0. The zero-order chi connectivity index (χ0) is 57.6. The lowest BCUT2D eigenvalue weighted by Crippen LogP contribution is -2.62. The van der Waals surface area contributed by atoms with Crippen LogP contribution in [-0.4, -0.2) is 131 Å². The molecule has 0 saturated carbocycles. The Labute approximate surface area is 466 Å². The van der Waals surface area contributed by atoms with Crippen LogP contribution in [0, 0.1) is 11.8 Å². The van der Waals surface area contributed by atoms with E-state index >= 15 is 0 Å². The van der Waals surface area contributed by atoms with E-state index < -0.39 is 108 Å². The summed E-state index contributed by atoms with van der Waals surface area (Å²) in [6.07, 6.45) is 3.27. The minimum absolute atomic E-state index is 0.0565. The van der Waals surface area contributed by atoms with E-state index in [-0.39, 0.29) is 64.8 Å². The van der Waals surface area contributed by atoms with E-state index in [0.29, 0.717) is 53.8 Å². The highest BCUT2D eigenvalue weighted by Gasteiger charge is 2.41. The van der Waals surface area contributed by atoms with Crippen molar-refractivity contribution in [3.8, 4) is 5.75 Å². The van der Waals surface area contributed by atoms with Crippen LogP contribution in [0.2, 0.25) is 0 Å². The van der Waals surface area contributed by atoms with Gasteiger partial charge < -0.3 is 61.3 Å². The third-order valence-corrected chi connectivity index (χ3v) is 14.3. The molecule has 4 aromatic rings. The molecule has 0 spiro atoms. The number of carbonyl (C=O) groups excluding carboxylic acids is 9. The normalized spacial score (nSPS) is 22.9. The Morgan fingerprint density at radius 3 is 1.96 bits per heavy atom. The average molecular weight is 1110 g/mol. The molecular weight excluding hydrogens is 1030 g/mol. The third-order valence-electron chi connectivity index (χ3n) is 14.3. The van der Waals surface area contributed by atoms with E-state index in [1.54, 1.807) is 93.6 Å². The average Bonchev–Trinajstić information content (AvgIpc) is 4.19. The Morgan fingerprint density at radius 2 is 1.32 bits per heavy atom. The molecule has 3 heterocycles. The summed E-state index contributed by atoms with van der Waals surface area (Å²) < 4.78 is 16.5. The van der Waals surface area contributed by atoms with Gasteiger partial charge in [0.1, 0.15) is 61.3 Å². The smallest absolute Gasteiger partial charge is 0.408 e. The number of hydrogen-bond donors (Lipinski definition) is 8. The van der Waals surface area contributed by atoms with Crippen LogP contribution in [0.3, 0.4) is 0 Å². The van der Waals surface area contributed by atoms with Gasteiger partial charge in [-0.1, -0.05) is 107 Å². The second-order valence-electron chi connectivity index (χ2n) is 20.5. The predicted molar refractivity (Wildman–Crippen MR) is 294 cm³/mol. The van der Waals surface area contributed by atoms with Crippen molar-refractivity contribution in [3.05, 3.63) is 120 Å². The van der Waals surface area contributed by atoms with Gasteiger partial charge in [-0.25, -0.2) is 14.6 Å². The molecule has 2 saturated heterocycles. The fourth-order valence-electron chi connectivity index (χ4n) is 9.38. The lowest BCUT2D eigenvalue weighted by molar-refractivity contribution is -0.150. The fraction of sp³-hybridized carbons (Fsp3) is 0.483. The highest BCUT2D eigenvalue weighted by Crippen LogP contribution is 2.22. The van der Waals surface area contributed by atoms with Gasteiger partial charge in [0.2, 0.25) is 41.4 Å². The number of methoxy groups -OCH3 is 1. The number of carbonyl (C=O) groups is 9. The molecule has 8 N–H and O–H groups in total. The Morgan fingerprint density at radius 1 is 0.675 bits per heavy atom. The standard InChI is InChI=1S/C58H76N10O12/c1-6-37(4)50-55(74)64-46(31-41-32-59-35-61-41)56(75)68-29-15-21-47(68)53(72)62-44(57(76)79-33-39-16-9-7-10-17-39)26-27-48(69)60-28-14-13-20-43(65-58(77)80-34-40-18-11-8-12-19-40)51(70)66-49(36(2)3)54(73)63-45(52(71)67-50)30-38-22-24-42(78-5)25-23-38/h7-12,16-19,22-25,32,35-37,43-47,49-50H,6,13-15,20-21,26-31,33-34H2,1-5H3,(H,59,61)(H,60,69)(H,62,72)(H,63,73)(H,64,74)(H,65,77)(H,66,70)(H,67,71)/t37-,43-,44-,45-,46-,47-,49-,50-/m0/s1. The molecule has 2 aliphatic heterocycles. The summed E-state index contributed by atoms with van der Waals surface area (Å²) in [5.74, 6) is -5.91. The fourth-order valence-corrected chi connectivity index (χ4v) is 9.38. The van der Waals surface area contributed by atoms with Crippen molar-refractivity contribution in [2.45, 2.75) is 147 Å². The van der Waals surface area contributed by atoms with Gasteiger partial charge in [-0.05, 0) is 79.2 Å². The predicted octanol–water partition coefficient (Wildman–Crippen LogP) is 3.44. The van der Waals surface area contributed by atoms with Crippen LogP contribution in [0.25, 0.3) is 0 Å². The minimum Gasteiger partial charge on any atom is -0.497 e. The number of rotatable bonds is 14. The number of nitrogens with one attached hydrogen (secondary N) is 8. The first kappa shape index (κ1) is 60.9. The maximum absolute atomic E-state index is 14.8. The quantitative estimate of drug-likeness (QED) is 0.0841. The first-order valence-corrected chi connectivity index (χ1v) is 27.4. The van der Waals surface area contributed by atoms with Crippen LogP contribution < -0.4 is 42.0 Å². The molecule has 3 aromatic carbocycles. The van der Waals surface area contributed by atoms with Gasteiger partial charge in [-0.15, -0.1) is 0 Å². The summed E-state index contributed by atoms with van der Waals surface area (Å²) in [7, 11) is 1.51. The number of ether oxygens (including phenoxy) is 3. The number of nitrogens with zero attached hydrogens (tertiary/aromatic N) is 2. The van der Waals surface area contributed by atoms with E-state index in [1.807, 2.05) is 19.1 Å². The number of alkyl carbamates (subject to hydrolysis) is 1. The molecule has 0 bridgehead atoms. The monoisotopic (exact) mass is 1100 g/mol. The van der Waals surface area contributed by atoms with Crippen LogP contribution >= 0.6 is 0 Å². The summed E-state index contributed by atoms with van der Waals surface area (Å²) in [4.78, 5) is 136. The van der Waals surface area contributed by atoms with E-state index in [2.05, 4.69) is 47.2 Å². The Bertz CT molecular complexity index is 2690. The van der Waals surface area contributed by atoms with E-state index in [4.69, 9.17) is 14.2 Å². The number of hydrogen-bond acceptors (Lipinski definition) is 13. The highest BCUT2D eigenvalue weighted by atomic mass is 16.5. The summed E-state index contributed by atoms with van der Waals surface area (Å²) in [5.41, 5.74) is 2.51. The Kier molecular flexibility index (Phi) is 23.4. The van der Waals surface area contributed by atoms with E-state index in [0.717, 1.165) is 0 Å². The SMILES string of the molecule is CC[C@H](C)[C@@H]1NC(=O)[C@H](Cc2ccc(OC)cc2)NC(=O)[C@H](C(C)C)NC(=O)[C@@H](NC(=O)OCc2ccccc2)CCCCNC(=O)CC[C@@H](C(=O)OCc2ccccc2)NC(=O)[C@@H]2CCCN2C(=O)[C@H](Cc2cnc[nH]2)NC1=O. The molecule has 6 rings (SSSR count). The van der Waals surface area contributed by atoms with Crippen molar-refractivity contribution < 1.29 is 57.4 Å². The number of fused-ring (bicyclic) bond motifs is 1. The lowest BCUT2D eigenvalue weighted by atomic mass is 9.96. The number of amides is 8. The van der Waals surface area contributed by atoms with Gasteiger partial charge in [-0.2, -0.15) is 0 Å². The number of aromatic nitrogens is 2. The largest absolute Gasteiger partial charge is 0.497 e. The van der Waals surface area contributed by atoms with E-state index in [9.17, 15) is 43.2 Å². The molecule has 1 aromatic heterocycles. The van der Waals surface area contributed by atoms with Gasteiger partial charge in [0.25, 0.3) is 0 Å². The molecule has 8 amide bonds. The van der Waals surface area contributed by atoms with Crippen molar-refractivity contribution in [1.82, 2.24) is 52.1 Å². The lowest BCUT2D eigenvalue weighted by Gasteiger charge is -2.32. The first-order valence-electron chi connectivity index (χ1n) is 27.4. The molecule has 430 valence electrons. The molecule has 8 atom stereocenters. The molecule has 22 heteroatoms. The number of esters is 1. The summed E-state index contributed by atoms with van der Waals surface area (Å²) in [5, 5.41) is 19.6. The molecule has 2 fully saturated rings. The van der Waals surface area contributed by atoms with Crippen molar-refractivity contribution in [3.63, 3.8) is 0 Å². The molecule has 0 radical (unpaired) electrons. The highest BCUT2D eigenvalue weighted by molar-refractivity contribution is 5.98. The van der Waals surface area contributed by atoms with Crippen molar-refractivity contribution in [2.75, 3.05) is 20.2 Å². The van der Waals surface area contributed by atoms with Crippen LogP contribution in [0.15, 0.2) is 97.5 Å². The van der Waals surface area contributed by atoms with Gasteiger partial charge in [0.15, 0.2) is 0 Å². The molecule has 80 heavy (non-hydrogen) atoms. The molecule has 0 unspecified atom stereocenters. The number of H-pyrrole nitrogens is 1. The zero-order valence-corrected chi connectivity index (χ0v) is 46.1. The number of aromatic amines is 1. The minimum atomic E-state index is -1.32. The van der Waals surface area contributed by atoms with Gasteiger partial charge in [0.05, 0.1) is 13.4 Å². The second-order valence-corrected chi connectivity index (χ2v) is 20.5. The number of imidazole rings is 1. The maximum Gasteiger partial charge on any atom is 0.408 e. The third kappa shape index (κ3) is 18.4. The Hall–Kier alpha value is -8.30. The van der Waals surface area contributed by atoms with Crippen molar-refractivity contribution in [1.29, 1.82) is 0 Å². The summed E-state index contributed by atoms with van der Waals surface area (Å²) in [6, 6.07) is 16.0. The first-order chi connectivity index (χ1) is 38.5. The van der Waals surface area contributed by atoms with Crippen molar-refractivity contribution in [2.24, 2.45) is 11.8 Å². The van der Waals surface area contributed by atoms with Crippen LogP contribution in [0.4, 0.5) is 4.79 Å². The van der Waals surface area contributed by atoms with E-state index in [1.165, 1.54) is 24.5 Å². The van der Waals surface area contributed by atoms with Gasteiger partial charge >= 0.3 is 12.1 Å². The topological polar surface area (TPSA) is 297 Å². The maximum atomic E-state index is 14.8. The molecular formula is C58H76N10O12. The second kappa shape index (κ2) is 30.7. The van der Waals surface area contributed by atoms with Crippen molar-refractivity contribution >= 4 is 53.4 Å². The van der Waals surface area contributed by atoms with Crippen LogP contribution in [-0.2, 0) is 73.9 Å². The van der Waals surface area contributed by atoms with Crippen LogP contribution in [0.5, 0.6) is 5.75 Å².